The fourth-order valence-corrected chi connectivity index (χ4v) is 1.30. The first kappa shape index (κ1) is 8.86. The van der Waals surface area contributed by atoms with Crippen LogP contribution in [0.1, 0.15) is 5.56 Å². The Labute approximate surface area is 73.5 Å². The summed E-state index contributed by atoms with van der Waals surface area (Å²) < 4.78 is -0.480. The minimum atomic E-state index is -0.480. The highest BCUT2D eigenvalue weighted by Crippen LogP contribution is 2.24. The van der Waals surface area contributed by atoms with Crippen LogP contribution in [0.15, 0.2) is 23.1 Å². The van der Waals surface area contributed by atoms with Crippen LogP contribution in [0.25, 0.3) is 0 Å². The molecule has 0 heterocycles. The molecule has 0 bridgehead atoms. The van der Waals surface area contributed by atoms with Gasteiger partial charge in [-0.25, -0.2) is 0 Å². The van der Waals surface area contributed by atoms with Gasteiger partial charge >= 0.3 is 0 Å². The van der Waals surface area contributed by atoms with Crippen molar-refractivity contribution in [3.63, 3.8) is 0 Å². The Kier molecular flexibility index (Phi) is 2.54. The van der Waals surface area contributed by atoms with Gasteiger partial charge in [-0.3, -0.25) is 10.1 Å². The third-order valence-electron chi connectivity index (χ3n) is 1.35. The van der Waals surface area contributed by atoms with Crippen LogP contribution in [0.3, 0.4) is 0 Å². The molecule has 64 valence electrons. The lowest BCUT2D eigenvalue weighted by molar-refractivity contribution is -0.284. The summed E-state index contributed by atoms with van der Waals surface area (Å²) in [6.07, 6.45) is 0. The molecule has 5 heteroatoms. The van der Waals surface area contributed by atoms with E-state index in [1.54, 1.807) is 13.0 Å². The van der Waals surface area contributed by atoms with E-state index in [0.29, 0.717) is 22.4 Å². The second kappa shape index (κ2) is 3.44. The van der Waals surface area contributed by atoms with Crippen molar-refractivity contribution in [1.82, 2.24) is 0 Å². The Balaban J connectivity index is 2.89. The molecule has 1 aromatic carbocycles. The highest BCUT2D eigenvalue weighted by Gasteiger charge is 2.06. The predicted octanol–water partition coefficient (Wildman–Crippen LogP) is 1.98. The molecule has 0 aliphatic carbocycles. The maximum atomic E-state index is 10.1. The van der Waals surface area contributed by atoms with Crippen LogP contribution in [0.4, 0.5) is 0 Å². The van der Waals surface area contributed by atoms with Gasteiger partial charge in [-0.1, -0.05) is 0 Å². The molecule has 12 heavy (non-hydrogen) atoms. The lowest BCUT2D eigenvalue weighted by atomic mass is 10.2. The van der Waals surface area contributed by atoms with Crippen molar-refractivity contribution in [2.24, 2.45) is 0 Å². The van der Waals surface area contributed by atoms with E-state index in [1.807, 2.05) is 0 Å². The Morgan fingerprint density at radius 3 is 2.75 bits per heavy atom. The Bertz CT molecular complexity index is 314. The molecule has 0 atom stereocenters. The van der Waals surface area contributed by atoms with Crippen molar-refractivity contribution >= 4 is 11.9 Å². The van der Waals surface area contributed by atoms with Crippen LogP contribution in [0.5, 0.6) is 5.75 Å². The van der Waals surface area contributed by atoms with Gasteiger partial charge in [-0.2, -0.15) is 0 Å². The largest absolute Gasteiger partial charge is 0.508 e. The maximum Gasteiger partial charge on any atom is 0.265 e. The number of phenols is 1. The molecule has 1 N–H and O–H groups in total. The molecule has 0 saturated carbocycles. The van der Waals surface area contributed by atoms with Gasteiger partial charge in [0, 0.05) is 0 Å². The summed E-state index contributed by atoms with van der Waals surface area (Å²) >= 11 is 0.532. The molecule has 0 aromatic heterocycles. The molecule has 0 amide bonds. The van der Waals surface area contributed by atoms with Crippen LogP contribution in [0, 0.1) is 17.0 Å². The number of benzene rings is 1. The lowest BCUT2D eigenvalue weighted by Gasteiger charge is -1.97. The molecule has 0 unspecified atom stereocenters. The van der Waals surface area contributed by atoms with Crippen LogP contribution in [-0.2, 0) is 0 Å². The minimum Gasteiger partial charge on any atom is -0.508 e. The van der Waals surface area contributed by atoms with Crippen molar-refractivity contribution in [3.05, 3.63) is 33.9 Å². The minimum absolute atomic E-state index is 0.155. The third-order valence-corrected chi connectivity index (χ3v) is 1.96. The second-order valence-corrected chi connectivity index (χ2v) is 3.22. The van der Waals surface area contributed by atoms with E-state index in [2.05, 4.69) is 0 Å². The molecule has 0 aliphatic rings. The van der Waals surface area contributed by atoms with E-state index >= 15 is 0 Å². The fourth-order valence-electron chi connectivity index (χ4n) is 0.771. The average molecular weight is 185 g/mol. The molecule has 0 saturated heterocycles. The van der Waals surface area contributed by atoms with Crippen LogP contribution in [0.2, 0.25) is 0 Å². The summed E-state index contributed by atoms with van der Waals surface area (Å²) in [6, 6.07) is 4.53. The second-order valence-electron chi connectivity index (χ2n) is 2.26. The van der Waals surface area contributed by atoms with Gasteiger partial charge in [0.15, 0.2) is 0 Å². The molecular weight excluding hydrogens is 178 g/mol. The van der Waals surface area contributed by atoms with Crippen LogP contribution < -0.4 is 0 Å². The third kappa shape index (κ3) is 2.13. The highest BCUT2D eigenvalue weighted by molar-refractivity contribution is 7.93. The van der Waals surface area contributed by atoms with E-state index in [9.17, 15) is 10.1 Å². The van der Waals surface area contributed by atoms with Gasteiger partial charge in [0.1, 0.15) is 10.1 Å². The first-order valence-electron chi connectivity index (χ1n) is 3.21. The van der Waals surface area contributed by atoms with Gasteiger partial charge < -0.3 is 5.11 Å². The van der Waals surface area contributed by atoms with Gasteiger partial charge in [0.25, 0.3) is 11.9 Å². The Morgan fingerprint density at radius 1 is 1.58 bits per heavy atom. The van der Waals surface area contributed by atoms with Crippen LogP contribution in [-0.4, -0.2) is 9.44 Å². The normalized spacial score (nSPS) is 9.75. The van der Waals surface area contributed by atoms with Gasteiger partial charge in [-0.15, -0.1) is 0 Å². The topological polar surface area (TPSA) is 63.4 Å². The van der Waals surface area contributed by atoms with Gasteiger partial charge in [0.05, 0.1) is 4.90 Å². The van der Waals surface area contributed by atoms with Crippen molar-refractivity contribution < 1.29 is 9.44 Å². The van der Waals surface area contributed by atoms with Gasteiger partial charge in [-0.05, 0) is 30.7 Å². The van der Waals surface area contributed by atoms with E-state index in [0.717, 1.165) is 0 Å². The van der Waals surface area contributed by atoms with Crippen molar-refractivity contribution in [3.8, 4) is 5.75 Å². The maximum absolute atomic E-state index is 10.1. The number of phenolic OH excluding ortho intramolecular Hbond substituents is 1. The van der Waals surface area contributed by atoms with Crippen LogP contribution >= 0.6 is 11.9 Å². The van der Waals surface area contributed by atoms with Crippen molar-refractivity contribution in [2.75, 3.05) is 0 Å². The van der Waals surface area contributed by atoms with E-state index < -0.39 is 4.33 Å². The molecule has 0 radical (unpaired) electrons. The molecule has 1 aromatic rings. The van der Waals surface area contributed by atoms with Gasteiger partial charge in [0.2, 0.25) is 0 Å². The SMILES string of the molecule is Cc1cc(S[N+](=O)[O-])ccc1O. The molecular formula is C7H7NO3S. The van der Waals surface area contributed by atoms with E-state index in [1.165, 1.54) is 12.1 Å². The summed E-state index contributed by atoms with van der Waals surface area (Å²) in [6.45, 7) is 1.69. The number of nitrogens with zero attached hydrogens (tertiary/aromatic N) is 1. The summed E-state index contributed by atoms with van der Waals surface area (Å²) in [7, 11) is 0. The highest BCUT2D eigenvalue weighted by atomic mass is 32.2. The average Bonchev–Trinajstić information content (AvgIpc) is 1.96. The summed E-state index contributed by atoms with van der Waals surface area (Å²) in [5.74, 6) is 0.155. The summed E-state index contributed by atoms with van der Waals surface area (Å²) in [5, 5.41) is 19.2. The molecule has 0 fully saturated rings. The predicted molar refractivity (Wildman–Crippen MR) is 45.7 cm³/mol. The number of rotatable bonds is 2. The first-order valence-corrected chi connectivity index (χ1v) is 3.99. The molecule has 0 aliphatic heterocycles. The van der Waals surface area contributed by atoms with E-state index in [4.69, 9.17) is 5.11 Å². The Morgan fingerprint density at radius 2 is 2.25 bits per heavy atom. The van der Waals surface area contributed by atoms with Crippen molar-refractivity contribution in [2.45, 2.75) is 11.8 Å². The van der Waals surface area contributed by atoms with E-state index in [-0.39, 0.29) is 5.75 Å². The number of hydrogen-bond donors (Lipinski definition) is 1. The summed E-state index contributed by atoms with van der Waals surface area (Å²) in [4.78, 5) is 10.6. The Hall–Kier alpha value is -1.23. The molecule has 0 spiro atoms. The zero-order valence-electron chi connectivity index (χ0n) is 6.35. The quantitative estimate of drug-likeness (QED) is 0.434. The smallest absolute Gasteiger partial charge is 0.265 e. The molecule has 1 rings (SSSR count). The standard InChI is InChI=1S/C7H7NO3S/c1-5-4-6(12-8(10)11)2-3-7(5)9/h2-4,9H,1H3. The molecule has 4 nitrogen and oxygen atoms in total. The number of aromatic hydroxyl groups is 1. The summed E-state index contributed by atoms with van der Waals surface area (Å²) in [5.41, 5.74) is 0.641. The zero-order chi connectivity index (χ0) is 9.14. The zero-order valence-corrected chi connectivity index (χ0v) is 7.17. The van der Waals surface area contributed by atoms with Crippen molar-refractivity contribution in [1.29, 1.82) is 0 Å². The lowest BCUT2D eigenvalue weighted by Crippen LogP contribution is -1.83. The number of hydrogen-bond acceptors (Lipinski definition) is 4. The number of aryl methyl sites for hydroxylation is 1. The monoisotopic (exact) mass is 185 g/mol. The first-order chi connectivity index (χ1) is 5.59. The number of nitro groups is 1. The fraction of sp³-hybridized carbons (Fsp3) is 0.143.